The molecule has 0 unspecified atom stereocenters. The molecule has 3 aromatic heterocycles. The van der Waals surface area contributed by atoms with Crippen LogP contribution in [0.4, 0.5) is 0 Å². The van der Waals surface area contributed by atoms with Crippen LogP contribution in [0.1, 0.15) is 58.5 Å². The minimum atomic E-state index is 0.757. The van der Waals surface area contributed by atoms with Crippen LogP contribution in [0.15, 0.2) is 54.9 Å². The Balaban J connectivity index is 0.000000513. The lowest BCUT2D eigenvalue weighted by Gasteiger charge is -2.06. The van der Waals surface area contributed by atoms with E-state index in [4.69, 9.17) is 4.98 Å². The van der Waals surface area contributed by atoms with Crippen molar-refractivity contribution in [3.63, 3.8) is 0 Å². The summed E-state index contributed by atoms with van der Waals surface area (Å²) in [5, 5.41) is 0. The van der Waals surface area contributed by atoms with Crippen LogP contribution in [0.5, 0.6) is 0 Å². The first-order chi connectivity index (χ1) is 14.9. The molecular formula is C27H36N4. The predicted molar refractivity (Wildman–Crippen MR) is 132 cm³/mol. The van der Waals surface area contributed by atoms with Gasteiger partial charge in [-0.15, -0.1) is 0 Å². The van der Waals surface area contributed by atoms with E-state index in [1.807, 2.05) is 26.8 Å². The Hall–Kier alpha value is -3.01. The molecule has 4 heteroatoms. The second-order valence-electron chi connectivity index (χ2n) is 8.01. The molecule has 0 bridgehead atoms. The third kappa shape index (κ3) is 6.24. The molecule has 0 atom stereocenters. The van der Waals surface area contributed by atoms with Gasteiger partial charge in [-0.1, -0.05) is 71.4 Å². The van der Waals surface area contributed by atoms with E-state index in [9.17, 15) is 0 Å². The number of pyridine rings is 1. The molecule has 3 heterocycles. The Morgan fingerprint density at radius 1 is 0.903 bits per heavy atom. The zero-order chi connectivity index (χ0) is 23.0. The lowest BCUT2D eigenvalue weighted by molar-refractivity contribution is 0.737. The first-order valence-electron chi connectivity index (χ1n) is 11.3. The number of rotatable bonds is 3. The molecule has 31 heavy (non-hydrogen) atoms. The summed E-state index contributed by atoms with van der Waals surface area (Å²) in [6, 6.07) is 14.7. The number of aromatic nitrogens is 4. The summed E-state index contributed by atoms with van der Waals surface area (Å²) >= 11 is 0. The zero-order valence-electron chi connectivity index (χ0n) is 20.3. The maximum atomic E-state index is 4.93. The van der Waals surface area contributed by atoms with Crippen molar-refractivity contribution in [3.05, 3.63) is 71.8 Å². The van der Waals surface area contributed by atoms with E-state index in [1.54, 1.807) is 6.20 Å². The third-order valence-corrected chi connectivity index (χ3v) is 4.44. The van der Waals surface area contributed by atoms with Gasteiger partial charge < -0.3 is 0 Å². The van der Waals surface area contributed by atoms with Gasteiger partial charge in [0.25, 0.3) is 0 Å². The number of benzene rings is 1. The first kappa shape index (κ1) is 24.3. The van der Waals surface area contributed by atoms with Gasteiger partial charge in [0.05, 0.1) is 17.1 Å². The van der Waals surface area contributed by atoms with Gasteiger partial charge in [0.15, 0.2) is 0 Å². The molecule has 0 radical (unpaired) electrons. The van der Waals surface area contributed by atoms with E-state index in [1.165, 1.54) is 11.1 Å². The lowest BCUT2D eigenvalue weighted by Crippen LogP contribution is -1.95. The highest BCUT2D eigenvalue weighted by Gasteiger charge is 2.17. The van der Waals surface area contributed by atoms with Crippen LogP contribution in [-0.2, 0) is 6.42 Å². The van der Waals surface area contributed by atoms with Crippen LogP contribution >= 0.6 is 0 Å². The Kier molecular flexibility index (Phi) is 8.92. The standard InChI is InChI=1S/C21H20N4.C4H10.C2H6/c1-4-16-10-12-25-19(13-16)24-20(17-7-5-14(2)6-8-17)21(25)18-9-11-22-15(3)23-18;1-4(2)3;1-2/h5-13H,4H2,1-3H3;4H,1-3H3;1-2H3. The number of nitrogens with zero attached hydrogens (tertiary/aromatic N) is 4. The minimum Gasteiger partial charge on any atom is -0.298 e. The van der Waals surface area contributed by atoms with Crippen molar-refractivity contribution in [2.45, 2.75) is 61.8 Å². The quantitative estimate of drug-likeness (QED) is 0.351. The van der Waals surface area contributed by atoms with Crippen molar-refractivity contribution in [3.8, 4) is 22.6 Å². The van der Waals surface area contributed by atoms with Gasteiger partial charge >= 0.3 is 0 Å². The van der Waals surface area contributed by atoms with Crippen LogP contribution in [0.2, 0.25) is 0 Å². The fourth-order valence-electron chi connectivity index (χ4n) is 3.05. The van der Waals surface area contributed by atoms with E-state index in [-0.39, 0.29) is 0 Å². The summed E-state index contributed by atoms with van der Waals surface area (Å²) < 4.78 is 2.12. The second-order valence-corrected chi connectivity index (χ2v) is 8.01. The van der Waals surface area contributed by atoms with E-state index in [0.717, 1.165) is 46.5 Å². The maximum Gasteiger partial charge on any atom is 0.138 e. The van der Waals surface area contributed by atoms with Crippen molar-refractivity contribution in [1.29, 1.82) is 0 Å². The van der Waals surface area contributed by atoms with Gasteiger partial charge in [-0.2, -0.15) is 0 Å². The highest BCUT2D eigenvalue weighted by atomic mass is 15.0. The van der Waals surface area contributed by atoms with E-state index in [0.29, 0.717) is 0 Å². The van der Waals surface area contributed by atoms with Crippen LogP contribution in [0, 0.1) is 19.8 Å². The molecule has 0 fully saturated rings. The summed E-state index contributed by atoms with van der Waals surface area (Å²) in [4.78, 5) is 13.8. The summed E-state index contributed by atoms with van der Waals surface area (Å²) in [7, 11) is 0. The van der Waals surface area contributed by atoms with Crippen molar-refractivity contribution in [2.75, 3.05) is 0 Å². The topological polar surface area (TPSA) is 43.1 Å². The molecule has 0 aliphatic heterocycles. The highest BCUT2D eigenvalue weighted by Crippen LogP contribution is 2.32. The minimum absolute atomic E-state index is 0.757. The van der Waals surface area contributed by atoms with E-state index < -0.39 is 0 Å². The average Bonchev–Trinajstić information content (AvgIpc) is 3.14. The molecular weight excluding hydrogens is 380 g/mol. The van der Waals surface area contributed by atoms with Gasteiger partial charge in [0.2, 0.25) is 0 Å². The second kappa shape index (κ2) is 11.4. The molecule has 0 saturated heterocycles. The molecule has 1 aromatic carbocycles. The fraction of sp³-hybridized carbons (Fsp3) is 0.370. The van der Waals surface area contributed by atoms with Gasteiger partial charge in [-0.05, 0) is 49.9 Å². The summed E-state index contributed by atoms with van der Waals surface area (Å²) in [6.45, 7) is 16.7. The smallest absolute Gasteiger partial charge is 0.138 e. The number of imidazole rings is 1. The molecule has 0 aliphatic rings. The maximum absolute atomic E-state index is 4.93. The van der Waals surface area contributed by atoms with Crippen LogP contribution < -0.4 is 0 Å². The van der Waals surface area contributed by atoms with Gasteiger partial charge in [0, 0.05) is 18.0 Å². The SMILES string of the molecule is CC.CC(C)C.CCc1ccn2c(-c3ccnc(C)n3)c(-c3ccc(C)cc3)nc2c1. The van der Waals surface area contributed by atoms with Crippen LogP contribution in [0.25, 0.3) is 28.3 Å². The molecule has 4 aromatic rings. The Labute approximate surface area is 187 Å². The molecule has 0 N–H and O–H groups in total. The van der Waals surface area contributed by atoms with Gasteiger partial charge in [-0.25, -0.2) is 15.0 Å². The molecule has 0 aliphatic carbocycles. The highest BCUT2D eigenvalue weighted by molar-refractivity contribution is 5.80. The summed E-state index contributed by atoms with van der Waals surface area (Å²) in [5.74, 6) is 1.59. The van der Waals surface area contributed by atoms with E-state index in [2.05, 4.69) is 91.6 Å². The summed E-state index contributed by atoms with van der Waals surface area (Å²) in [5.41, 5.74) is 7.40. The van der Waals surface area contributed by atoms with E-state index >= 15 is 0 Å². The largest absolute Gasteiger partial charge is 0.298 e. The normalized spacial score (nSPS) is 10.4. The van der Waals surface area contributed by atoms with Crippen molar-refractivity contribution >= 4 is 5.65 Å². The number of hydrogen-bond acceptors (Lipinski definition) is 3. The Bertz CT molecular complexity index is 1090. The molecule has 4 nitrogen and oxygen atoms in total. The molecule has 164 valence electrons. The van der Waals surface area contributed by atoms with Crippen molar-refractivity contribution < 1.29 is 0 Å². The van der Waals surface area contributed by atoms with Crippen LogP contribution in [-0.4, -0.2) is 19.4 Å². The fourth-order valence-corrected chi connectivity index (χ4v) is 3.05. The Morgan fingerprint density at radius 2 is 1.55 bits per heavy atom. The molecule has 4 rings (SSSR count). The van der Waals surface area contributed by atoms with Gasteiger partial charge in [-0.3, -0.25) is 4.40 Å². The van der Waals surface area contributed by atoms with Crippen LogP contribution in [0.3, 0.4) is 0 Å². The number of aryl methyl sites for hydroxylation is 3. The number of fused-ring (bicyclic) bond motifs is 1. The number of hydrogen-bond donors (Lipinski definition) is 0. The Morgan fingerprint density at radius 3 is 2.13 bits per heavy atom. The zero-order valence-corrected chi connectivity index (χ0v) is 20.3. The lowest BCUT2D eigenvalue weighted by atomic mass is 10.1. The molecule has 0 amide bonds. The predicted octanol–water partition coefficient (Wildman–Crippen LogP) is 7.33. The van der Waals surface area contributed by atoms with Crippen molar-refractivity contribution in [2.24, 2.45) is 5.92 Å². The summed E-state index contributed by atoms with van der Waals surface area (Å²) in [6.07, 6.45) is 4.88. The van der Waals surface area contributed by atoms with Crippen molar-refractivity contribution in [1.82, 2.24) is 19.4 Å². The first-order valence-corrected chi connectivity index (χ1v) is 11.3. The third-order valence-electron chi connectivity index (χ3n) is 4.44. The average molecular weight is 417 g/mol. The monoisotopic (exact) mass is 416 g/mol. The molecule has 0 spiro atoms. The van der Waals surface area contributed by atoms with Gasteiger partial charge in [0.1, 0.15) is 11.5 Å². The molecule has 0 saturated carbocycles.